The number of amides is 1. The normalized spacial score (nSPS) is 10.5. The van der Waals surface area contributed by atoms with E-state index in [-0.39, 0.29) is 5.91 Å². The Morgan fingerprint density at radius 3 is 2.35 bits per heavy atom. The molecule has 0 aliphatic rings. The van der Waals surface area contributed by atoms with Crippen molar-refractivity contribution < 1.29 is 9.53 Å². The molecule has 0 aliphatic heterocycles. The predicted octanol–water partition coefficient (Wildman–Crippen LogP) is 4.00. The van der Waals surface area contributed by atoms with E-state index in [9.17, 15) is 4.79 Å². The molecule has 0 unspecified atom stereocenters. The fourth-order valence-electron chi connectivity index (χ4n) is 1.60. The molecule has 2 aromatic carbocycles. The summed E-state index contributed by atoms with van der Waals surface area (Å²) >= 11 is 5.78. The summed E-state index contributed by atoms with van der Waals surface area (Å²) < 4.78 is 5.07. The number of halogens is 1. The van der Waals surface area contributed by atoms with Gasteiger partial charge in [0.25, 0.3) is 0 Å². The van der Waals surface area contributed by atoms with Crippen molar-refractivity contribution in [2.75, 3.05) is 12.4 Å². The summed E-state index contributed by atoms with van der Waals surface area (Å²) in [5.74, 6) is 0.593. The summed E-state index contributed by atoms with van der Waals surface area (Å²) in [7, 11) is 1.62. The van der Waals surface area contributed by atoms with Crippen LogP contribution in [-0.2, 0) is 4.79 Å². The van der Waals surface area contributed by atoms with Gasteiger partial charge in [-0.05, 0) is 48.0 Å². The highest BCUT2D eigenvalue weighted by molar-refractivity contribution is 6.30. The van der Waals surface area contributed by atoms with E-state index in [0.29, 0.717) is 10.7 Å². The van der Waals surface area contributed by atoms with E-state index >= 15 is 0 Å². The first-order valence-corrected chi connectivity index (χ1v) is 6.44. The van der Waals surface area contributed by atoms with Gasteiger partial charge in [0.15, 0.2) is 0 Å². The first-order valence-electron chi connectivity index (χ1n) is 6.06. The maximum Gasteiger partial charge on any atom is 0.248 e. The topological polar surface area (TPSA) is 38.3 Å². The van der Waals surface area contributed by atoms with E-state index in [4.69, 9.17) is 16.3 Å². The number of rotatable bonds is 4. The minimum Gasteiger partial charge on any atom is -0.497 e. The highest BCUT2D eigenvalue weighted by atomic mass is 35.5. The molecule has 1 amide bonds. The van der Waals surface area contributed by atoms with Gasteiger partial charge in [-0.2, -0.15) is 0 Å². The predicted molar refractivity (Wildman–Crippen MR) is 82.1 cm³/mol. The highest BCUT2D eigenvalue weighted by Crippen LogP contribution is 2.14. The van der Waals surface area contributed by atoms with Gasteiger partial charge in [-0.3, -0.25) is 4.79 Å². The SMILES string of the molecule is COc1ccc(C=CC(=O)Nc2ccc(Cl)cc2)cc1. The first-order chi connectivity index (χ1) is 9.67. The van der Waals surface area contributed by atoms with E-state index < -0.39 is 0 Å². The number of hydrogen-bond donors (Lipinski definition) is 1. The summed E-state index contributed by atoms with van der Waals surface area (Å²) in [6.07, 6.45) is 3.22. The van der Waals surface area contributed by atoms with Gasteiger partial charge >= 0.3 is 0 Å². The molecule has 0 radical (unpaired) electrons. The van der Waals surface area contributed by atoms with Crippen LogP contribution in [0.4, 0.5) is 5.69 Å². The second-order valence-corrected chi connectivity index (χ2v) is 4.54. The summed E-state index contributed by atoms with van der Waals surface area (Å²) in [5.41, 5.74) is 1.64. The van der Waals surface area contributed by atoms with Gasteiger partial charge in [0.2, 0.25) is 5.91 Å². The summed E-state index contributed by atoms with van der Waals surface area (Å²) in [5, 5.41) is 3.39. The number of anilines is 1. The van der Waals surface area contributed by atoms with Crippen LogP contribution in [0, 0.1) is 0 Å². The van der Waals surface area contributed by atoms with E-state index in [0.717, 1.165) is 11.3 Å². The van der Waals surface area contributed by atoms with Gasteiger partial charge in [0, 0.05) is 16.8 Å². The van der Waals surface area contributed by atoms with Crippen molar-refractivity contribution in [2.24, 2.45) is 0 Å². The van der Waals surface area contributed by atoms with Crippen LogP contribution < -0.4 is 10.1 Å². The minimum absolute atomic E-state index is 0.192. The number of benzene rings is 2. The molecule has 102 valence electrons. The van der Waals surface area contributed by atoms with Crippen LogP contribution in [0.1, 0.15) is 5.56 Å². The van der Waals surface area contributed by atoms with Crippen molar-refractivity contribution in [1.29, 1.82) is 0 Å². The fraction of sp³-hybridized carbons (Fsp3) is 0.0625. The molecule has 4 heteroatoms. The lowest BCUT2D eigenvalue weighted by Gasteiger charge is -2.02. The first kappa shape index (κ1) is 14.2. The summed E-state index contributed by atoms with van der Waals surface area (Å²) in [4.78, 5) is 11.7. The van der Waals surface area contributed by atoms with Gasteiger partial charge in [0.05, 0.1) is 7.11 Å². The molecular weight excluding hydrogens is 274 g/mol. The lowest BCUT2D eigenvalue weighted by Crippen LogP contribution is -2.07. The quantitative estimate of drug-likeness (QED) is 0.863. The van der Waals surface area contributed by atoms with Crippen LogP contribution in [0.5, 0.6) is 5.75 Å². The van der Waals surface area contributed by atoms with Gasteiger partial charge in [-0.1, -0.05) is 23.7 Å². The molecule has 0 aromatic heterocycles. The Labute approximate surface area is 122 Å². The van der Waals surface area contributed by atoms with E-state index in [1.165, 1.54) is 6.08 Å². The molecule has 0 saturated carbocycles. The average molecular weight is 288 g/mol. The Hall–Kier alpha value is -2.26. The van der Waals surface area contributed by atoms with Crippen LogP contribution in [-0.4, -0.2) is 13.0 Å². The molecule has 0 spiro atoms. The highest BCUT2D eigenvalue weighted by Gasteiger charge is 1.98. The second kappa shape index (κ2) is 6.78. The maximum atomic E-state index is 11.7. The third kappa shape index (κ3) is 4.14. The van der Waals surface area contributed by atoms with Crippen LogP contribution in [0.3, 0.4) is 0 Å². The second-order valence-electron chi connectivity index (χ2n) is 4.10. The molecule has 0 bridgehead atoms. The van der Waals surface area contributed by atoms with Crippen molar-refractivity contribution in [2.45, 2.75) is 0 Å². The summed E-state index contributed by atoms with van der Waals surface area (Å²) in [6, 6.07) is 14.4. The monoisotopic (exact) mass is 287 g/mol. The lowest BCUT2D eigenvalue weighted by molar-refractivity contribution is -0.111. The molecule has 2 aromatic rings. The molecule has 0 heterocycles. The van der Waals surface area contributed by atoms with Crippen LogP contribution in [0.25, 0.3) is 6.08 Å². The fourth-order valence-corrected chi connectivity index (χ4v) is 1.73. The van der Waals surface area contributed by atoms with Crippen LogP contribution >= 0.6 is 11.6 Å². The molecule has 0 fully saturated rings. The summed E-state index contributed by atoms with van der Waals surface area (Å²) in [6.45, 7) is 0. The Morgan fingerprint density at radius 1 is 1.10 bits per heavy atom. The zero-order valence-corrected chi connectivity index (χ0v) is 11.7. The lowest BCUT2D eigenvalue weighted by atomic mass is 10.2. The standard InChI is InChI=1S/C16H14ClNO2/c1-20-15-9-2-12(3-10-15)4-11-16(19)18-14-7-5-13(17)6-8-14/h2-11H,1H3,(H,18,19). The average Bonchev–Trinajstić information content (AvgIpc) is 2.48. The molecule has 0 saturated heterocycles. The van der Waals surface area contributed by atoms with Gasteiger partial charge in [0.1, 0.15) is 5.75 Å². The Morgan fingerprint density at radius 2 is 1.75 bits per heavy atom. The molecule has 0 aliphatic carbocycles. The van der Waals surface area contributed by atoms with E-state index in [1.54, 1.807) is 37.5 Å². The van der Waals surface area contributed by atoms with Gasteiger partial charge in [-0.15, -0.1) is 0 Å². The molecule has 3 nitrogen and oxygen atoms in total. The van der Waals surface area contributed by atoms with Crippen molar-refractivity contribution in [3.05, 3.63) is 65.2 Å². The molecule has 0 atom stereocenters. The largest absolute Gasteiger partial charge is 0.497 e. The third-order valence-corrected chi connectivity index (χ3v) is 2.91. The van der Waals surface area contributed by atoms with E-state index in [1.807, 2.05) is 24.3 Å². The van der Waals surface area contributed by atoms with Crippen molar-refractivity contribution in [3.8, 4) is 5.75 Å². The zero-order chi connectivity index (χ0) is 14.4. The molecular formula is C16H14ClNO2. The Balaban J connectivity index is 1.96. The van der Waals surface area contributed by atoms with Crippen molar-refractivity contribution in [1.82, 2.24) is 0 Å². The number of nitrogens with one attached hydrogen (secondary N) is 1. The van der Waals surface area contributed by atoms with Crippen LogP contribution in [0.2, 0.25) is 5.02 Å². The van der Waals surface area contributed by atoms with Crippen LogP contribution in [0.15, 0.2) is 54.6 Å². The maximum absolute atomic E-state index is 11.7. The minimum atomic E-state index is -0.192. The number of hydrogen-bond acceptors (Lipinski definition) is 2. The van der Waals surface area contributed by atoms with Crippen molar-refractivity contribution in [3.63, 3.8) is 0 Å². The molecule has 1 N–H and O–H groups in total. The van der Waals surface area contributed by atoms with Crippen molar-refractivity contribution >= 4 is 29.3 Å². The number of methoxy groups -OCH3 is 1. The third-order valence-electron chi connectivity index (χ3n) is 2.65. The smallest absolute Gasteiger partial charge is 0.248 e. The number of carbonyl (C=O) groups is 1. The number of ether oxygens (including phenoxy) is 1. The van der Waals surface area contributed by atoms with Gasteiger partial charge in [-0.25, -0.2) is 0 Å². The Bertz CT molecular complexity index is 603. The zero-order valence-electron chi connectivity index (χ0n) is 11.0. The number of carbonyl (C=O) groups excluding carboxylic acids is 1. The molecule has 20 heavy (non-hydrogen) atoms. The van der Waals surface area contributed by atoms with Gasteiger partial charge < -0.3 is 10.1 Å². The Kier molecular flexibility index (Phi) is 4.80. The van der Waals surface area contributed by atoms with E-state index in [2.05, 4.69) is 5.32 Å². The molecule has 2 rings (SSSR count).